The number of amides is 1. The predicted molar refractivity (Wildman–Crippen MR) is 114 cm³/mol. The number of methoxy groups -OCH3 is 1. The number of carbonyl (C=O) groups is 1. The first-order chi connectivity index (χ1) is 15.3. The maximum atomic E-state index is 13.2. The maximum Gasteiger partial charge on any atom is 0.339 e. The second-order valence-corrected chi connectivity index (χ2v) is 8.41. The summed E-state index contributed by atoms with van der Waals surface area (Å²) in [6.07, 6.45) is 0. The summed E-state index contributed by atoms with van der Waals surface area (Å²) in [6, 6.07) is 15.8. The Morgan fingerprint density at radius 3 is 2.19 bits per heavy atom. The van der Waals surface area contributed by atoms with Crippen molar-refractivity contribution in [2.24, 2.45) is 0 Å². The molecule has 3 aromatic carbocycles. The molecule has 0 aliphatic heterocycles. The smallest absolute Gasteiger partial charge is 0.339 e. The van der Waals surface area contributed by atoms with E-state index in [1.165, 1.54) is 48.4 Å². The molecule has 9 heteroatoms. The average Bonchev–Trinajstić information content (AvgIpc) is 2.77. The monoisotopic (exact) mass is 461 g/mol. The highest BCUT2D eigenvalue weighted by atomic mass is 32.2. The van der Waals surface area contributed by atoms with Crippen molar-refractivity contribution < 1.29 is 30.9 Å². The van der Waals surface area contributed by atoms with Gasteiger partial charge in [0.05, 0.1) is 6.61 Å². The van der Waals surface area contributed by atoms with Crippen molar-refractivity contribution in [3.05, 3.63) is 95.6 Å². The standard InChI is InChI=1S/C23H21F2NO5S/c1-30-14-13-26(23(27)18-5-7-19(24)8-6-18)16-17-3-2-4-21(15-17)31-32(28,29)22-11-9-20(25)10-12-22/h2-12,15H,13-14,16H2,1H3. The van der Waals surface area contributed by atoms with Crippen LogP contribution in [0.2, 0.25) is 0 Å². The van der Waals surface area contributed by atoms with Gasteiger partial charge in [0, 0.05) is 25.8 Å². The zero-order valence-corrected chi connectivity index (χ0v) is 18.0. The van der Waals surface area contributed by atoms with Crippen molar-refractivity contribution >= 4 is 16.0 Å². The lowest BCUT2D eigenvalue weighted by molar-refractivity contribution is 0.0680. The summed E-state index contributed by atoms with van der Waals surface area (Å²) in [5.41, 5.74) is 0.928. The summed E-state index contributed by atoms with van der Waals surface area (Å²) >= 11 is 0. The van der Waals surface area contributed by atoms with Gasteiger partial charge in [-0.15, -0.1) is 0 Å². The molecule has 0 heterocycles. The molecule has 3 aromatic rings. The minimum absolute atomic E-state index is 0.0488. The minimum atomic E-state index is -4.16. The second kappa shape index (κ2) is 10.3. The van der Waals surface area contributed by atoms with Crippen molar-refractivity contribution in [2.75, 3.05) is 20.3 Å². The Labute approximate surface area is 185 Å². The number of rotatable bonds is 9. The first-order valence-electron chi connectivity index (χ1n) is 9.61. The van der Waals surface area contributed by atoms with Gasteiger partial charge in [-0.2, -0.15) is 8.42 Å². The molecule has 0 saturated heterocycles. The van der Waals surface area contributed by atoms with E-state index in [-0.39, 0.29) is 36.2 Å². The Hall–Kier alpha value is -3.30. The molecule has 0 atom stereocenters. The number of benzene rings is 3. The van der Waals surface area contributed by atoms with Gasteiger partial charge in [0.25, 0.3) is 5.91 Å². The summed E-state index contributed by atoms with van der Waals surface area (Å²) in [5.74, 6) is -1.29. The van der Waals surface area contributed by atoms with Gasteiger partial charge < -0.3 is 13.8 Å². The fraction of sp³-hybridized carbons (Fsp3) is 0.174. The fourth-order valence-electron chi connectivity index (χ4n) is 2.92. The molecular formula is C23H21F2NO5S. The molecule has 0 aliphatic carbocycles. The van der Waals surface area contributed by atoms with E-state index in [9.17, 15) is 22.0 Å². The lowest BCUT2D eigenvalue weighted by Crippen LogP contribution is -2.33. The zero-order chi connectivity index (χ0) is 23.1. The van der Waals surface area contributed by atoms with Gasteiger partial charge in [0.15, 0.2) is 0 Å². The third-order valence-electron chi connectivity index (χ3n) is 4.52. The SMILES string of the molecule is COCCN(Cc1cccc(OS(=O)(=O)c2ccc(F)cc2)c1)C(=O)c1ccc(F)cc1. The third kappa shape index (κ3) is 6.12. The molecule has 0 radical (unpaired) electrons. The largest absolute Gasteiger partial charge is 0.383 e. The van der Waals surface area contributed by atoms with Crippen molar-refractivity contribution in [1.29, 1.82) is 0 Å². The molecule has 0 fully saturated rings. The molecule has 0 N–H and O–H groups in total. The lowest BCUT2D eigenvalue weighted by atomic mass is 10.1. The van der Waals surface area contributed by atoms with E-state index in [4.69, 9.17) is 8.92 Å². The Morgan fingerprint density at radius 1 is 0.938 bits per heavy atom. The van der Waals surface area contributed by atoms with Crippen molar-refractivity contribution in [3.63, 3.8) is 0 Å². The molecular weight excluding hydrogens is 440 g/mol. The molecule has 3 rings (SSSR count). The molecule has 6 nitrogen and oxygen atoms in total. The van der Waals surface area contributed by atoms with Crippen LogP contribution in [0, 0.1) is 11.6 Å². The van der Waals surface area contributed by atoms with Crippen LogP contribution in [0.3, 0.4) is 0 Å². The Morgan fingerprint density at radius 2 is 1.56 bits per heavy atom. The highest BCUT2D eigenvalue weighted by molar-refractivity contribution is 7.87. The Kier molecular flexibility index (Phi) is 7.55. The summed E-state index contributed by atoms with van der Waals surface area (Å²) < 4.78 is 61.4. The molecule has 0 bridgehead atoms. The molecule has 32 heavy (non-hydrogen) atoms. The number of nitrogens with zero attached hydrogens (tertiary/aromatic N) is 1. The van der Waals surface area contributed by atoms with Crippen LogP contribution in [0.1, 0.15) is 15.9 Å². The van der Waals surface area contributed by atoms with Crippen LogP contribution in [0.4, 0.5) is 8.78 Å². The highest BCUT2D eigenvalue weighted by Gasteiger charge is 2.19. The molecule has 0 saturated carbocycles. The molecule has 0 spiro atoms. The number of hydrogen-bond donors (Lipinski definition) is 0. The highest BCUT2D eigenvalue weighted by Crippen LogP contribution is 2.21. The normalized spacial score (nSPS) is 11.2. The Bertz CT molecular complexity index is 1170. The number of carbonyl (C=O) groups excluding carboxylic acids is 1. The van der Waals surface area contributed by atoms with Crippen LogP contribution >= 0.6 is 0 Å². The number of halogens is 2. The van der Waals surface area contributed by atoms with Crippen LogP contribution in [-0.2, 0) is 21.4 Å². The molecule has 0 aliphatic rings. The van der Waals surface area contributed by atoms with Crippen molar-refractivity contribution in [1.82, 2.24) is 4.90 Å². The van der Waals surface area contributed by atoms with Crippen LogP contribution < -0.4 is 4.18 Å². The third-order valence-corrected chi connectivity index (χ3v) is 5.79. The predicted octanol–water partition coefficient (Wildman–Crippen LogP) is 4.02. The van der Waals surface area contributed by atoms with E-state index in [0.29, 0.717) is 11.1 Å². The zero-order valence-electron chi connectivity index (χ0n) is 17.2. The van der Waals surface area contributed by atoms with E-state index in [1.807, 2.05) is 0 Å². The second-order valence-electron chi connectivity index (χ2n) is 6.87. The van der Waals surface area contributed by atoms with Gasteiger partial charge in [-0.1, -0.05) is 12.1 Å². The summed E-state index contributed by atoms with van der Waals surface area (Å²) in [4.78, 5) is 14.2. The topological polar surface area (TPSA) is 72.9 Å². The maximum absolute atomic E-state index is 13.2. The van der Waals surface area contributed by atoms with Gasteiger partial charge in [0.1, 0.15) is 22.3 Å². The first-order valence-corrected chi connectivity index (χ1v) is 11.0. The molecule has 0 unspecified atom stereocenters. The fourth-order valence-corrected chi connectivity index (χ4v) is 3.84. The Balaban J connectivity index is 1.79. The quantitative estimate of drug-likeness (QED) is 0.450. The molecule has 0 aromatic heterocycles. The first kappa shape index (κ1) is 23.4. The van der Waals surface area contributed by atoms with E-state index >= 15 is 0 Å². The molecule has 1 amide bonds. The average molecular weight is 461 g/mol. The lowest BCUT2D eigenvalue weighted by Gasteiger charge is -2.23. The van der Waals surface area contributed by atoms with Crippen LogP contribution in [-0.4, -0.2) is 39.5 Å². The summed E-state index contributed by atoms with van der Waals surface area (Å²) in [5, 5.41) is 0. The number of hydrogen-bond acceptors (Lipinski definition) is 5. The van der Waals surface area contributed by atoms with Gasteiger partial charge in [-0.05, 0) is 66.2 Å². The van der Waals surface area contributed by atoms with Gasteiger partial charge >= 0.3 is 10.1 Å². The minimum Gasteiger partial charge on any atom is -0.383 e. The van der Waals surface area contributed by atoms with Crippen LogP contribution in [0.5, 0.6) is 5.75 Å². The van der Waals surface area contributed by atoms with Crippen molar-refractivity contribution in [2.45, 2.75) is 11.4 Å². The molecule has 168 valence electrons. The summed E-state index contributed by atoms with van der Waals surface area (Å²) in [7, 11) is -2.65. The number of ether oxygens (including phenoxy) is 1. The van der Waals surface area contributed by atoms with Crippen LogP contribution in [0.15, 0.2) is 77.7 Å². The summed E-state index contributed by atoms with van der Waals surface area (Å²) in [6.45, 7) is 0.696. The van der Waals surface area contributed by atoms with Crippen molar-refractivity contribution in [3.8, 4) is 5.75 Å². The van der Waals surface area contributed by atoms with E-state index in [0.717, 1.165) is 24.3 Å². The van der Waals surface area contributed by atoms with Gasteiger partial charge in [-0.3, -0.25) is 4.79 Å². The van der Waals surface area contributed by atoms with Crippen LogP contribution in [0.25, 0.3) is 0 Å². The van der Waals surface area contributed by atoms with E-state index < -0.39 is 21.8 Å². The van der Waals surface area contributed by atoms with E-state index in [1.54, 1.807) is 12.1 Å². The van der Waals surface area contributed by atoms with Gasteiger partial charge in [-0.25, -0.2) is 8.78 Å². The van der Waals surface area contributed by atoms with E-state index in [2.05, 4.69) is 0 Å². The van der Waals surface area contributed by atoms with Gasteiger partial charge in [0.2, 0.25) is 0 Å².